The van der Waals surface area contributed by atoms with Crippen LogP contribution in [0.5, 0.6) is 0 Å². The molecule has 7 heteroatoms. The van der Waals surface area contributed by atoms with Crippen molar-refractivity contribution in [1.29, 1.82) is 0 Å². The number of hydrogen-bond donors (Lipinski definition) is 1. The molecule has 1 saturated heterocycles. The molecule has 0 radical (unpaired) electrons. The smallest absolute Gasteiger partial charge is 0.347 e. The van der Waals surface area contributed by atoms with Crippen LogP contribution in [0.2, 0.25) is 0 Å². The molecule has 112 valence electrons. The van der Waals surface area contributed by atoms with Gasteiger partial charge < -0.3 is 9.84 Å². The first-order valence-corrected chi connectivity index (χ1v) is 8.46. The van der Waals surface area contributed by atoms with Gasteiger partial charge >= 0.3 is 5.97 Å². The van der Waals surface area contributed by atoms with E-state index in [0.717, 1.165) is 29.8 Å². The number of ether oxygens (including phenoxy) is 1. The second-order valence-electron chi connectivity index (χ2n) is 5.09. The highest BCUT2D eigenvalue weighted by Gasteiger charge is 2.23. The van der Waals surface area contributed by atoms with Gasteiger partial charge in [-0.15, -0.1) is 11.3 Å². The Balaban J connectivity index is 1.88. The summed E-state index contributed by atoms with van der Waals surface area (Å²) >= 11 is 2.83. The molecule has 2 heterocycles. The van der Waals surface area contributed by atoms with Gasteiger partial charge in [0, 0.05) is 24.9 Å². The third kappa shape index (κ3) is 3.94. The number of rotatable bonds is 5. The molecule has 20 heavy (non-hydrogen) atoms. The van der Waals surface area contributed by atoms with E-state index in [1.165, 1.54) is 11.3 Å². The summed E-state index contributed by atoms with van der Waals surface area (Å²) < 4.78 is 6.57. The molecule has 1 fully saturated rings. The fourth-order valence-electron chi connectivity index (χ4n) is 2.11. The van der Waals surface area contributed by atoms with Crippen molar-refractivity contribution in [3.05, 3.63) is 10.6 Å². The molecule has 1 atom stereocenters. The minimum atomic E-state index is -0.897. The Morgan fingerprint density at radius 3 is 3.00 bits per heavy atom. The number of nitrogens with zero attached hydrogens (tertiary/aromatic N) is 2. The highest BCUT2D eigenvalue weighted by atomic mass is 32.2. The van der Waals surface area contributed by atoms with E-state index in [4.69, 9.17) is 9.84 Å². The van der Waals surface area contributed by atoms with Crippen LogP contribution in [-0.4, -0.2) is 58.6 Å². The highest BCUT2D eigenvalue weighted by molar-refractivity contribution is 8.01. The average Bonchev–Trinajstić information content (AvgIpc) is 2.78. The normalized spacial score (nSPS) is 20.5. The Hall–Kier alpha value is -0.630. The van der Waals surface area contributed by atoms with E-state index < -0.39 is 5.97 Å². The molecule has 0 bridgehead atoms. The van der Waals surface area contributed by atoms with Crippen LogP contribution in [0.4, 0.5) is 0 Å². The van der Waals surface area contributed by atoms with Crippen molar-refractivity contribution in [2.24, 2.45) is 0 Å². The number of aromatic nitrogens is 1. The third-order valence-electron chi connectivity index (χ3n) is 3.26. The lowest BCUT2D eigenvalue weighted by molar-refractivity contribution is -0.0265. The van der Waals surface area contributed by atoms with Crippen LogP contribution in [0.25, 0.3) is 0 Å². The molecule has 1 aliphatic heterocycles. The van der Waals surface area contributed by atoms with Crippen molar-refractivity contribution in [3.8, 4) is 0 Å². The molecule has 0 spiro atoms. The maximum Gasteiger partial charge on any atom is 0.347 e. The van der Waals surface area contributed by atoms with Gasteiger partial charge in [-0.2, -0.15) is 0 Å². The second-order valence-corrected chi connectivity index (χ2v) is 7.36. The second kappa shape index (κ2) is 6.89. The predicted molar refractivity (Wildman–Crippen MR) is 81.0 cm³/mol. The Kier molecular flexibility index (Phi) is 5.42. The molecule has 1 unspecified atom stereocenters. The van der Waals surface area contributed by atoms with Gasteiger partial charge in [0.1, 0.15) is 4.88 Å². The Bertz CT molecular complexity index is 476. The number of aryl methyl sites for hydroxylation is 1. The molecule has 1 aromatic rings. The van der Waals surface area contributed by atoms with Crippen LogP contribution in [-0.2, 0) is 4.74 Å². The number of hydrogen-bond acceptors (Lipinski definition) is 6. The van der Waals surface area contributed by atoms with E-state index in [0.29, 0.717) is 16.6 Å². The van der Waals surface area contributed by atoms with E-state index in [-0.39, 0.29) is 6.10 Å². The van der Waals surface area contributed by atoms with Gasteiger partial charge in [-0.1, -0.05) is 11.8 Å². The van der Waals surface area contributed by atoms with Gasteiger partial charge in [0.15, 0.2) is 4.34 Å². The lowest BCUT2D eigenvalue weighted by atomic mass is 10.2. The monoisotopic (exact) mass is 316 g/mol. The van der Waals surface area contributed by atoms with Gasteiger partial charge in [0.05, 0.1) is 18.4 Å². The van der Waals surface area contributed by atoms with Gasteiger partial charge in [0.25, 0.3) is 0 Å². The Morgan fingerprint density at radius 2 is 2.40 bits per heavy atom. The summed E-state index contributed by atoms with van der Waals surface area (Å²) in [7, 11) is 0. The van der Waals surface area contributed by atoms with Crippen molar-refractivity contribution >= 4 is 29.1 Å². The lowest BCUT2D eigenvalue weighted by Gasteiger charge is -2.35. The molecule has 0 aliphatic carbocycles. The molecule has 1 aliphatic rings. The van der Waals surface area contributed by atoms with Crippen LogP contribution in [0.3, 0.4) is 0 Å². The van der Waals surface area contributed by atoms with E-state index in [9.17, 15) is 4.79 Å². The first-order chi connectivity index (χ1) is 9.47. The molecule has 2 rings (SSSR count). The summed E-state index contributed by atoms with van der Waals surface area (Å²) in [6.07, 6.45) is 0.189. The number of thioether (sulfide) groups is 1. The maximum absolute atomic E-state index is 11.0. The highest BCUT2D eigenvalue weighted by Crippen LogP contribution is 2.28. The first kappa shape index (κ1) is 15.8. The fraction of sp³-hybridized carbons (Fsp3) is 0.692. The number of thiazole rings is 1. The van der Waals surface area contributed by atoms with Crippen LogP contribution in [0.15, 0.2) is 4.34 Å². The van der Waals surface area contributed by atoms with Crippen molar-refractivity contribution in [2.75, 3.05) is 25.4 Å². The van der Waals surface area contributed by atoms with Crippen LogP contribution in [0.1, 0.15) is 29.2 Å². The van der Waals surface area contributed by atoms with Gasteiger partial charge in [-0.3, -0.25) is 4.90 Å². The van der Waals surface area contributed by atoms with E-state index in [1.807, 2.05) is 0 Å². The molecule has 0 saturated carbocycles. The minimum absolute atomic E-state index is 0.189. The molecule has 5 nitrogen and oxygen atoms in total. The zero-order valence-electron chi connectivity index (χ0n) is 12.0. The zero-order chi connectivity index (χ0) is 14.7. The fourth-order valence-corrected chi connectivity index (χ4v) is 4.17. The van der Waals surface area contributed by atoms with Crippen LogP contribution < -0.4 is 0 Å². The summed E-state index contributed by atoms with van der Waals surface area (Å²) in [5.41, 5.74) is 0.596. The number of carboxylic acids is 1. The van der Waals surface area contributed by atoms with E-state index in [2.05, 4.69) is 23.7 Å². The predicted octanol–water partition coefficient (Wildman–Crippen LogP) is 2.35. The standard InChI is InChI=1S/C13H20N2O3S2/c1-8(2)15-4-5-18-10(6-15)7-19-13-14-9(3)11(20-13)12(16)17/h8,10H,4-7H2,1-3H3,(H,16,17). The Labute approximate surface area is 127 Å². The molecule has 1 aromatic heterocycles. The van der Waals surface area contributed by atoms with Crippen molar-refractivity contribution in [2.45, 2.75) is 37.3 Å². The van der Waals surface area contributed by atoms with Crippen molar-refractivity contribution in [1.82, 2.24) is 9.88 Å². The number of aromatic carboxylic acids is 1. The van der Waals surface area contributed by atoms with Gasteiger partial charge in [-0.05, 0) is 20.8 Å². The summed E-state index contributed by atoms with van der Waals surface area (Å²) in [4.78, 5) is 18.0. The number of carbonyl (C=O) groups is 1. The van der Waals surface area contributed by atoms with Gasteiger partial charge in [0.2, 0.25) is 0 Å². The summed E-state index contributed by atoms with van der Waals surface area (Å²) in [5, 5.41) is 9.02. The zero-order valence-corrected chi connectivity index (χ0v) is 13.6. The summed E-state index contributed by atoms with van der Waals surface area (Å²) in [6, 6.07) is 0.534. The molecular weight excluding hydrogens is 296 g/mol. The molecule has 0 aromatic carbocycles. The SMILES string of the molecule is Cc1nc(SCC2CN(C(C)C)CCO2)sc1C(=O)O. The Morgan fingerprint density at radius 1 is 1.65 bits per heavy atom. The van der Waals surface area contributed by atoms with E-state index >= 15 is 0 Å². The van der Waals surface area contributed by atoms with Crippen molar-refractivity contribution < 1.29 is 14.6 Å². The number of morpholine rings is 1. The summed E-state index contributed by atoms with van der Waals surface area (Å²) in [6.45, 7) is 8.80. The summed E-state index contributed by atoms with van der Waals surface area (Å²) in [5.74, 6) is -0.0818. The molecule has 1 N–H and O–H groups in total. The third-order valence-corrected chi connectivity index (χ3v) is 5.68. The lowest BCUT2D eigenvalue weighted by Crippen LogP contribution is -2.46. The average molecular weight is 316 g/mol. The van der Waals surface area contributed by atoms with Crippen LogP contribution >= 0.6 is 23.1 Å². The van der Waals surface area contributed by atoms with Gasteiger partial charge in [-0.25, -0.2) is 9.78 Å². The quantitative estimate of drug-likeness (QED) is 0.841. The van der Waals surface area contributed by atoms with Crippen LogP contribution in [0, 0.1) is 6.92 Å². The molecule has 0 amide bonds. The van der Waals surface area contributed by atoms with Crippen molar-refractivity contribution in [3.63, 3.8) is 0 Å². The van der Waals surface area contributed by atoms with E-state index in [1.54, 1.807) is 18.7 Å². The minimum Gasteiger partial charge on any atom is -0.477 e. The number of carboxylic acid groups (broad SMARTS) is 1. The largest absolute Gasteiger partial charge is 0.477 e. The maximum atomic E-state index is 11.0. The molecular formula is C13H20N2O3S2. The topological polar surface area (TPSA) is 62.7 Å². The first-order valence-electron chi connectivity index (χ1n) is 6.66.